The second-order valence-electron chi connectivity index (χ2n) is 7.62. The first-order valence-electron chi connectivity index (χ1n) is 9.44. The van der Waals surface area contributed by atoms with Crippen molar-refractivity contribution in [2.45, 2.75) is 76.9 Å². The standard InChI is InChI=1S/C18H33N3O4S/c1-11(2)8-13(19)16(22)20-14(9-12-6-4-3-5-7-12)17(23)21-15(10-26)18(24)25/h11-15,26H,3-10,19H2,1-2H3,(H,20,22)(H,21,23)(H,24,25)/t13-,14-,15-/m0/s1. The van der Waals surface area contributed by atoms with Gasteiger partial charge in [-0.15, -0.1) is 0 Å². The molecule has 0 aromatic carbocycles. The summed E-state index contributed by atoms with van der Waals surface area (Å²) in [7, 11) is 0. The molecule has 8 heteroatoms. The number of carbonyl (C=O) groups excluding carboxylic acids is 2. The normalized spacial score (nSPS) is 18.8. The summed E-state index contributed by atoms with van der Waals surface area (Å²) in [5.74, 6) is -1.40. The van der Waals surface area contributed by atoms with Crippen LogP contribution in [0.4, 0.5) is 0 Å². The Bertz CT molecular complexity index is 481. The number of thiol groups is 1. The molecule has 3 atom stereocenters. The van der Waals surface area contributed by atoms with Crippen molar-refractivity contribution in [2.24, 2.45) is 17.6 Å². The monoisotopic (exact) mass is 387 g/mol. The van der Waals surface area contributed by atoms with Crippen molar-refractivity contribution < 1.29 is 19.5 Å². The molecule has 2 amide bonds. The van der Waals surface area contributed by atoms with Gasteiger partial charge in [0.25, 0.3) is 0 Å². The Hall–Kier alpha value is -1.28. The van der Waals surface area contributed by atoms with Crippen LogP contribution in [0.15, 0.2) is 0 Å². The van der Waals surface area contributed by atoms with Crippen LogP contribution in [0.3, 0.4) is 0 Å². The first kappa shape index (κ1) is 22.8. The summed E-state index contributed by atoms with van der Waals surface area (Å²) >= 11 is 3.97. The van der Waals surface area contributed by atoms with E-state index in [2.05, 4.69) is 23.3 Å². The van der Waals surface area contributed by atoms with Crippen LogP contribution in [0.25, 0.3) is 0 Å². The van der Waals surface area contributed by atoms with Gasteiger partial charge in [-0.25, -0.2) is 4.79 Å². The number of carboxylic acid groups (broad SMARTS) is 1. The van der Waals surface area contributed by atoms with Crippen LogP contribution in [0.2, 0.25) is 0 Å². The summed E-state index contributed by atoms with van der Waals surface area (Å²) in [6.07, 6.45) is 6.50. The number of nitrogens with two attached hydrogens (primary N) is 1. The van der Waals surface area contributed by atoms with E-state index in [1.807, 2.05) is 13.8 Å². The average Bonchev–Trinajstić information content (AvgIpc) is 2.58. The molecule has 0 aromatic rings. The lowest BCUT2D eigenvalue weighted by atomic mass is 9.84. The molecule has 0 bridgehead atoms. The molecule has 5 N–H and O–H groups in total. The molecule has 0 heterocycles. The number of aliphatic carboxylic acids is 1. The third-order valence-corrected chi connectivity index (χ3v) is 5.15. The fraction of sp³-hybridized carbons (Fsp3) is 0.833. The van der Waals surface area contributed by atoms with Gasteiger partial charge in [-0.3, -0.25) is 9.59 Å². The molecule has 0 unspecified atom stereocenters. The van der Waals surface area contributed by atoms with Gasteiger partial charge >= 0.3 is 5.97 Å². The van der Waals surface area contributed by atoms with Crippen molar-refractivity contribution in [1.82, 2.24) is 10.6 Å². The smallest absolute Gasteiger partial charge is 0.327 e. The molecule has 0 aliphatic heterocycles. The van der Waals surface area contributed by atoms with E-state index in [4.69, 9.17) is 10.8 Å². The van der Waals surface area contributed by atoms with Crippen molar-refractivity contribution in [3.05, 3.63) is 0 Å². The lowest BCUT2D eigenvalue weighted by Gasteiger charge is -2.28. The van der Waals surface area contributed by atoms with Gasteiger partial charge in [-0.2, -0.15) is 12.6 Å². The van der Waals surface area contributed by atoms with E-state index in [1.165, 1.54) is 6.42 Å². The maximum absolute atomic E-state index is 12.6. The number of nitrogens with one attached hydrogen (secondary N) is 2. The first-order valence-corrected chi connectivity index (χ1v) is 10.1. The zero-order valence-corrected chi connectivity index (χ0v) is 16.6. The summed E-state index contributed by atoms with van der Waals surface area (Å²) in [4.78, 5) is 36.1. The van der Waals surface area contributed by atoms with E-state index >= 15 is 0 Å². The summed E-state index contributed by atoms with van der Waals surface area (Å²) in [5.41, 5.74) is 5.93. The Morgan fingerprint density at radius 1 is 1.08 bits per heavy atom. The number of carbonyl (C=O) groups is 3. The summed E-state index contributed by atoms with van der Waals surface area (Å²) in [6.45, 7) is 3.95. The summed E-state index contributed by atoms with van der Waals surface area (Å²) in [5, 5.41) is 14.3. The maximum Gasteiger partial charge on any atom is 0.327 e. The van der Waals surface area contributed by atoms with Crippen molar-refractivity contribution in [2.75, 3.05) is 5.75 Å². The molecule has 0 saturated heterocycles. The lowest BCUT2D eigenvalue weighted by molar-refractivity contribution is -0.141. The topological polar surface area (TPSA) is 122 Å². The van der Waals surface area contributed by atoms with E-state index in [0.29, 0.717) is 18.8 Å². The molecule has 0 aromatic heterocycles. The van der Waals surface area contributed by atoms with Gasteiger partial charge in [0.15, 0.2) is 0 Å². The molecule has 150 valence electrons. The third-order valence-electron chi connectivity index (χ3n) is 4.79. The first-order chi connectivity index (χ1) is 12.2. The van der Waals surface area contributed by atoms with Crippen LogP contribution in [-0.4, -0.2) is 46.8 Å². The highest BCUT2D eigenvalue weighted by molar-refractivity contribution is 7.80. The van der Waals surface area contributed by atoms with Crippen molar-refractivity contribution in [3.63, 3.8) is 0 Å². The van der Waals surface area contributed by atoms with E-state index < -0.39 is 30.0 Å². The molecule has 26 heavy (non-hydrogen) atoms. The van der Waals surface area contributed by atoms with Crippen LogP contribution < -0.4 is 16.4 Å². The molecule has 1 rings (SSSR count). The van der Waals surface area contributed by atoms with Crippen LogP contribution in [0.5, 0.6) is 0 Å². The van der Waals surface area contributed by atoms with Crippen molar-refractivity contribution in [1.29, 1.82) is 0 Å². The largest absolute Gasteiger partial charge is 0.480 e. The number of amides is 2. The second kappa shape index (κ2) is 11.4. The Balaban J connectivity index is 2.77. The fourth-order valence-corrected chi connectivity index (χ4v) is 3.59. The molecule has 0 spiro atoms. The van der Waals surface area contributed by atoms with Gasteiger partial charge in [0.2, 0.25) is 11.8 Å². The molecule has 1 fully saturated rings. The molecule has 0 radical (unpaired) electrons. The quantitative estimate of drug-likeness (QED) is 0.362. The summed E-state index contributed by atoms with van der Waals surface area (Å²) in [6, 6.07) is -2.54. The fourth-order valence-electron chi connectivity index (χ4n) is 3.34. The van der Waals surface area contributed by atoms with E-state index in [9.17, 15) is 14.4 Å². The van der Waals surface area contributed by atoms with Gasteiger partial charge < -0.3 is 21.5 Å². The van der Waals surface area contributed by atoms with E-state index in [1.54, 1.807) is 0 Å². The predicted molar refractivity (Wildman–Crippen MR) is 104 cm³/mol. The molecule has 7 nitrogen and oxygen atoms in total. The third kappa shape index (κ3) is 7.95. The maximum atomic E-state index is 12.6. The van der Waals surface area contributed by atoms with Crippen LogP contribution in [-0.2, 0) is 14.4 Å². The summed E-state index contributed by atoms with van der Waals surface area (Å²) < 4.78 is 0. The Kier molecular flexibility index (Phi) is 10.0. The number of hydrogen-bond donors (Lipinski definition) is 5. The minimum absolute atomic E-state index is 0.0158. The van der Waals surface area contributed by atoms with Crippen molar-refractivity contribution >= 4 is 30.4 Å². The van der Waals surface area contributed by atoms with Crippen LogP contribution in [0.1, 0.15) is 58.8 Å². The molecular formula is C18H33N3O4S. The molecular weight excluding hydrogens is 354 g/mol. The number of hydrogen-bond acceptors (Lipinski definition) is 5. The van der Waals surface area contributed by atoms with Crippen LogP contribution in [0, 0.1) is 11.8 Å². The molecule has 1 aliphatic rings. The second-order valence-corrected chi connectivity index (χ2v) is 7.98. The molecule has 1 saturated carbocycles. The zero-order chi connectivity index (χ0) is 19.7. The Labute approximate surface area is 161 Å². The van der Waals surface area contributed by atoms with Gasteiger partial charge in [0, 0.05) is 5.75 Å². The van der Waals surface area contributed by atoms with Gasteiger partial charge in [-0.05, 0) is 24.7 Å². The SMILES string of the molecule is CC(C)C[C@H](N)C(=O)N[C@@H](CC1CCCCC1)C(=O)N[C@@H](CS)C(=O)O. The highest BCUT2D eigenvalue weighted by Gasteiger charge is 2.30. The highest BCUT2D eigenvalue weighted by atomic mass is 32.1. The van der Waals surface area contributed by atoms with Gasteiger partial charge in [0.05, 0.1) is 6.04 Å². The number of rotatable bonds is 10. The predicted octanol–water partition coefficient (Wildman–Crippen LogP) is 1.31. The molecule has 1 aliphatic carbocycles. The van der Waals surface area contributed by atoms with Gasteiger partial charge in [0.1, 0.15) is 12.1 Å². The lowest BCUT2D eigenvalue weighted by Crippen LogP contribution is -2.55. The average molecular weight is 388 g/mol. The zero-order valence-electron chi connectivity index (χ0n) is 15.7. The van der Waals surface area contributed by atoms with Gasteiger partial charge in [-0.1, -0.05) is 46.0 Å². The number of carboxylic acids is 1. The Morgan fingerprint density at radius 3 is 2.15 bits per heavy atom. The van der Waals surface area contributed by atoms with E-state index in [0.717, 1.165) is 25.7 Å². The minimum Gasteiger partial charge on any atom is -0.480 e. The van der Waals surface area contributed by atoms with Crippen LogP contribution >= 0.6 is 12.6 Å². The van der Waals surface area contributed by atoms with Crippen molar-refractivity contribution in [3.8, 4) is 0 Å². The highest BCUT2D eigenvalue weighted by Crippen LogP contribution is 2.27. The van der Waals surface area contributed by atoms with E-state index in [-0.39, 0.29) is 17.6 Å². The minimum atomic E-state index is -1.15. The Morgan fingerprint density at radius 2 is 1.65 bits per heavy atom.